The lowest BCUT2D eigenvalue weighted by Gasteiger charge is -2.27. The molecule has 0 saturated heterocycles. The topological polar surface area (TPSA) is 105 Å². The van der Waals surface area contributed by atoms with E-state index in [0.29, 0.717) is 6.42 Å². The first-order valence-electron chi connectivity index (χ1n) is 11.2. The number of amides is 2. The van der Waals surface area contributed by atoms with Gasteiger partial charge in [-0.25, -0.2) is 4.79 Å². The molecule has 3 N–H and O–H groups in total. The van der Waals surface area contributed by atoms with Gasteiger partial charge in [0, 0.05) is 24.4 Å². The Morgan fingerprint density at radius 2 is 1.52 bits per heavy atom. The maximum Gasteiger partial charge on any atom is 0.407 e. The van der Waals surface area contributed by atoms with Crippen molar-refractivity contribution in [2.75, 3.05) is 13.2 Å². The Bertz CT molecular complexity index is 1000. The van der Waals surface area contributed by atoms with Gasteiger partial charge in [0.15, 0.2) is 0 Å². The van der Waals surface area contributed by atoms with E-state index < -0.39 is 23.0 Å². The van der Waals surface area contributed by atoms with E-state index in [-0.39, 0.29) is 31.4 Å². The number of ether oxygens (including phenoxy) is 1. The quantitative estimate of drug-likeness (QED) is 0.526. The van der Waals surface area contributed by atoms with Gasteiger partial charge in [0.2, 0.25) is 5.91 Å². The van der Waals surface area contributed by atoms with E-state index in [9.17, 15) is 19.5 Å². The van der Waals surface area contributed by atoms with Gasteiger partial charge in [0.05, 0.1) is 5.41 Å². The standard InChI is InChI=1S/C26H32N2O5/c1-5-26(4,23(30)31)16-27-22(29)14-25(2,3)28-24(32)33-15-21-19-12-8-6-10-17(19)18-11-7-9-13-20(18)21/h6-13,21H,5,14-16H2,1-4H3,(H,27,29)(H,28,32)(H,30,31). The number of rotatable bonds is 9. The van der Waals surface area contributed by atoms with E-state index in [1.54, 1.807) is 27.7 Å². The summed E-state index contributed by atoms with van der Waals surface area (Å²) < 4.78 is 5.56. The summed E-state index contributed by atoms with van der Waals surface area (Å²) in [6.45, 7) is 7.03. The highest BCUT2D eigenvalue weighted by Gasteiger charge is 2.33. The molecule has 0 radical (unpaired) electrons. The van der Waals surface area contributed by atoms with Crippen molar-refractivity contribution in [3.05, 3.63) is 59.7 Å². The molecule has 3 rings (SSSR count). The van der Waals surface area contributed by atoms with Crippen molar-refractivity contribution >= 4 is 18.0 Å². The first-order chi connectivity index (χ1) is 15.6. The third-order valence-corrected chi connectivity index (χ3v) is 6.36. The van der Waals surface area contributed by atoms with Gasteiger partial charge in [-0.15, -0.1) is 0 Å². The van der Waals surface area contributed by atoms with Crippen LogP contribution >= 0.6 is 0 Å². The van der Waals surface area contributed by atoms with Gasteiger partial charge in [-0.2, -0.15) is 0 Å². The minimum atomic E-state index is -1.03. The lowest BCUT2D eigenvalue weighted by molar-refractivity contribution is -0.148. The van der Waals surface area contributed by atoms with E-state index in [1.165, 1.54) is 0 Å². The summed E-state index contributed by atoms with van der Waals surface area (Å²) in [6, 6.07) is 16.2. The van der Waals surface area contributed by atoms with Crippen LogP contribution < -0.4 is 10.6 Å². The number of alkyl carbamates (subject to hydrolysis) is 1. The number of benzene rings is 2. The van der Waals surface area contributed by atoms with Gasteiger partial charge >= 0.3 is 12.1 Å². The summed E-state index contributed by atoms with van der Waals surface area (Å²) in [5.41, 5.74) is 2.67. The maximum absolute atomic E-state index is 12.5. The monoisotopic (exact) mass is 452 g/mol. The van der Waals surface area contributed by atoms with Crippen molar-refractivity contribution in [1.82, 2.24) is 10.6 Å². The van der Waals surface area contributed by atoms with E-state index in [4.69, 9.17) is 4.74 Å². The Kier molecular flexibility index (Phi) is 7.10. The molecule has 1 aliphatic rings. The number of fused-ring (bicyclic) bond motifs is 3. The summed E-state index contributed by atoms with van der Waals surface area (Å²) in [7, 11) is 0. The fourth-order valence-corrected chi connectivity index (χ4v) is 4.06. The molecule has 0 fully saturated rings. The average Bonchev–Trinajstić information content (AvgIpc) is 3.09. The zero-order valence-electron chi connectivity index (χ0n) is 19.6. The molecule has 33 heavy (non-hydrogen) atoms. The predicted molar refractivity (Wildman–Crippen MR) is 126 cm³/mol. The normalized spacial score (nSPS) is 14.5. The van der Waals surface area contributed by atoms with Crippen LogP contribution in [0.3, 0.4) is 0 Å². The van der Waals surface area contributed by atoms with Crippen molar-refractivity contribution in [3.63, 3.8) is 0 Å². The molecule has 7 heteroatoms. The number of aliphatic carboxylic acids is 1. The van der Waals surface area contributed by atoms with E-state index >= 15 is 0 Å². The largest absolute Gasteiger partial charge is 0.481 e. The van der Waals surface area contributed by atoms with Gasteiger partial charge in [-0.05, 0) is 49.4 Å². The summed E-state index contributed by atoms with van der Waals surface area (Å²) in [6.07, 6.45) is -0.209. The summed E-state index contributed by atoms with van der Waals surface area (Å²) >= 11 is 0. The lowest BCUT2D eigenvalue weighted by Crippen LogP contribution is -2.48. The smallest absolute Gasteiger partial charge is 0.407 e. The van der Waals surface area contributed by atoms with Crippen LogP contribution in [-0.2, 0) is 14.3 Å². The molecule has 1 unspecified atom stereocenters. The SMILES string of the molecule is CCC(C)(CNC(=O)CC(C)(C)NC(=O)OCC1c2ccccc2-c2ccccc21)C(=O)O. The second kappa shape index (κ2) is 9.65. The van der Waals surface area contributed by atoms with Gasteiger partial charge in [0.1, 0.15) is 6.61 Å². The number of carbonyl (C=O) groups is 3. The molecule has 1 atom stereocenters. The molecule has 2 amide bonds. The van der Waals surface area contributed by atoms with Crippen LogP contribution in [0.1, 0.15) is 57.6 Å². The Labute approximate surface area is 194 Å². The highest BCUT2D eigenvalue weighted by molar-refractivity contribution is 5.81. The number of hydrogen-bond acceptors (Lipinski definition) is 4. The van der Waals surface area contributed by atoms with Crippen LogP contribution in [0.15, 0.2) is 48.5 Å². The Balaban J connectivity index is 1.55. The number of nitrogens with one attached hydrogen (secondary N) is 2. The van der Waals surface area contributed by atoms with Crippen LogP contribution in [0.25, 0.3) is 11.1 Å². The summed E-state index contributed by atoms with van der Waals surface area (Å²) in [4.78, 5) is 36.3. The number of carbonyl (C=O) groups excluding carboxylic acids is 2. The first-order valence-corrected chi connectivity index (χ1v) is 11.2. The molecular formula is C26H32N2O5. The lowest BCUT2D eigenvalue weighted by atomic mass is 9.87. The minimum absolute atomic E-state index is 0.00336. The molecule has 0 aliphatic heterocycles. The Hall–Kier alpha value is -3.35. The van der Waals surface area contributed by atoms with Crippen LogP contribution in [0.4, 0.5) is 4.79 Å². The van der Waals surface area contributed by atoms with Crippen molar-refractivity contribution in [2.45, 2.75) is 52.0 Å². The van der Waals surface area contributed by atoms with Crippen molar-refractivity contribution in [3.8, 4) is 11.1 Å². The first kappa shape index (κ1) is 24.3. The summed E-state index contributed by atoms with van der Waals surface area (Å²) in [5.74, 6) is -1.33. The van der Waals surface area contributed by atoms with E-state index in [0.717, 1.165) is 22.3 Å². The fourth-order valence-electron chi connectivity index (χ4n) is 4.06. The third kappa shape index (κ3) is 5.53. The average molecular weight is 453 g/mol. The van der Waals surface area contributed by atoms with Crippen LogP contribution in [-0.4, -0.2) is 41.8 Å². The second-order valence-corrected chi connectivity index (χ2v) is 9.51. The van der Waals surface area contributed by atoms with E-state index in [2.05, 4.69) is 34.9 Å². The molecule has 1 aliphatic carbocycles. The van der Waals surface area contributed by atoms with Gasteiger partial charge < -0.3 is 20.5 Å². The zero-order chi connectivity index (χ0) is 24.2. The summed E-state index contributed by atoms with van der Waals surface area (Å²) in [5, 5.41) is 14.8. The minimum Gasteiger partial charge on any atom is -0.481 e. The number of carboxylic acids is 1. The molecular weight excluding hydrogens is 420 g/mol. The van der Waals surface area contributed by atoms with Gasteiger partial charge in [-0.3, -0.25) is 9.59 Å². The number of carboxylic acid groups (broad SMARTS) is 1. The Morgan fingerprint density at radius 1 is 0.970 bits per heavy atom. The number of hydrogen-bond donors (Lipinski definition) is 3. The molecule has 0 bridgehead atoms. The molecule has 7 nitrogen and oxygen atoms in total. The van der Waals surface area contributed by atoms with Crippen molar-refractivity contribution in [1.29, 1.82) is 0 Å². The molecule has 0 saturated carbocycles. The molecule has 2 aromatic carbocycles. The molecule has 2 aromatic rings. The fraction of sp³-hybridized carbons (Fsp3) is 0.423. The highest BCUT2D eigenvalue weighted by Crippen LogP contribution is 2.44. The molecule has 0 aromatic heterocycles. The van der Waals surface area contributed by atoms with Crippen molar-refractivity contribution in [2.24, 2.45) is 5.41 Å². The van der Waals surface area contributed by atoms with Crippen LogP contribution in [0.5, 0.6) is 0 Å². The predicted octanol–water partition coefficient (Wildman–Crippen LogP) is 4.31. The zero-order valence-corrected chi connectivity index (χ0v) is 19.6. The second-order valence-electron chi connectivity index (χ2n) is 9.51. The Morgan fingerprint density at radius 3 is 2.03 bits per heavy atom. The maximum atomic E-state index is 12.5. The van der Waals surface area contributed by atoms with E-state index in [1.807, 2.05) is 24.3 Å². The van der Waals surface area contributed by atoms with Crippen molar-refractivity contribution < 1.29 is 24.2 Å². The highest BCUT2D eigenvalue weighted by atomic mass is 16.5. The van der Waals surface area contributed by atoms with Gasteiger partial charge in [0.25, 0.3) is 0 Å². The molecule has 0 heterocycles. The van der Waals surface area contributed by atoms with Crippen LogP contribution in [0.2, 0.25) is 0 Å². The third-order valence-electron chi connectivity index (χ3n) is 6.36. The van der Waals surface area contributed by atoms with Crippen LogP contribution in [0, 0.1) is 5.41 Å². The molecule has 176 valence electrons. The molecule has 0 spiro atoms. The van der Waals surface area contributed by atoms with Gasteiger partial charge in [-0.1, -0.05) is 55.5 Å².